The number of piperidine rings is 2. The summed E-state index contributed by atoms with van der Waals surface area (Å²) in [5.41, 5.74) is -0.477. The molecule has 0 N–H and O–H groups in total. The van der Waals surface area contributed by atoms with Crippen molar-refractivity contribution in [2.45, 2.75) is 89.5 Å². The van der Waals surface area contributed by atoms with Gasteiger partial charge in [-0.15, -0.1) is 0 Å². The van der Waals surface area contributed by atoms with Gasteiger partial charge in [-0.25, -0.2) is 9.78 Å². The van der Waals surface area contributed by atoms with Crippen LogP contribution >= 0.6 is 0 Å². The lowest BCUT2D eigenvalue weighted by Gasteiger charge is -2.40. The molecule has 4 rings (SSSR count). The summed E-state index contributed by atoms with van der Waals surface area (Å²) in [6, 6.07) is 6.27. The number of hydrogen-bond donors (Lipinski definition) is 0. The maximum Gasteiger partial charge on any atom is 0.410 e. The second-order valence-electron chi connectivity index (χ2n) is 10.2. The number of amides is 2. The van der Waals surface area contributed by atoms with Gasteiger partial charge in [0, 0.05) is 56.7 Å². The quantitative estimate of drug-likeness (QED) is 0.723. The Morgan fingerprint density at radius 1 is 1.06 bits per heavy atom. The smallest absolute Gasteiger partial charge is 0.410 e. The molecule has 0 spiro atoms. The summed E-state index contributed by atoms with van der Waals surface area (Å²) in [6.45, 7) is 6.99. The lowest BCUT2D eigenvalue weighted by molar-refractivity contribution is -0.138. The fourth-order valence-corrected chi connectivity index (χ4v) is 5.22. The van der Waals surface area contributed by atoms with Crippen LogP contribution in [0.15, 0.2) is 24.4 Å². The monoisotopic (exact) mass is 429 g/mol. The van der Waals surface area contributed by atoms with Crippen molar-refractivity contribution in [1.29, 1.82) is 0 Å². The van der Waals surface area contributed by atoms with E-state index in [9.17, 15) is 9.59 Å². The van der Waals surface area contributed by atoms with Crippen LogP contribution in [0.1, 0.15) is 65.7 Å². The molecular weight excluding hydrogens is 394 g/mol. The molecule has 3 aliphatic heterocycles. The highest BCUT2D eigenvalue weighted by Gasteiger charge is 2.44. The number of ether oxygens (including phenoxy) is 2. The molecule has 170 valence electrons. The van der Waals surface area contributed by atoms with Gasteiger partial charge in [0.2, 0.25) is 11.8 Å². The number of likely N-dealkylation sites (tertiary alicyclic amines) is 1. The zero-order valence-corrected chi connectivity index (χ0v) is 19.0. The Kier molecular flexibility index (Phi) is 6.39. The maximum absolute atomic E-state index is 13.2. The summed E-state index contributed by atoms with van der Waals surface area (Å²) in [4.78, 5) is 33.6. The highest BCUT2D eigenvalue weighted by Crippen LogP contribution is 2.38. The molecule has 3 saturated heterocycles. The van der Waals surface area contributed by atoms with Crippen LogP contribution in [0.5, 0.6) is 5.88 Å². The Morgan fingerprint density at radius 3 is 2.32 bits per heavy atom. The van der Waals surface area contributed by atoms with Crippen LogP contribution in [0.3, 0.4) is 0 Å². The largest absolute Gasteiger partial charge is 0.474 e. The summed E-state index contributed by atoms with van der Waals surface area (Å²) in [5.74, 6) is 1.29. The van der Waals surface area contributed by atoms with Crippen molar-refractivity contribution in [3.8, 4) is 5.88 Å². The zero-order chi connectivity index (χ0) is 22.0. The third kappa shape index (κ3) is 5.49. The van der Waals surface area contributed by atoms with E-state index in [2.05, 4.69) is 9.88 Å². The third-order valence-corrected chi connectivity index (χ3v) is 6.63. The highest BCUT2D eigenvalue weighted by molar-refractivity contribution is 5.77. The van der Waals surface area contributed by atoms with Crippen molar-refractivity contribution in [2.24, 2.45) is 5.92 Å². The van der Waals surface area contributed by atoms with Crippen molar-refractivity contribution in [3.05, 3.63) is 24.4 Å². The SMILES string of the molecule is CC(C)(C)OC(=O)N1CCC(CC(=O)N2C3CCC2CC(Oc2ccccn2)C3)CC1. The molecule has 7 heteroatoms. The first-order valence-corrected chi connectivity index (χ1v) is 11.7. The fourth-order valence-electron chi connectivity index (χ4n) is 5.22. The van der Waals surface area contributed by atoms with Crippen LogP contribution in [0, 0.1) is 5.92 Å². The molecule has 2 atom stereocenters. The first-order valence-electron chi connectivity index (χ1n) is 11.7. The fraction of sp³-hybridized carbons (Fsp3) is 0.708. The van der Waals surface area contributed by atoms with Crippen molar-refractivity contribution in [2.75, 3.05) is 13.1 Å². The predicted molar refractivity (Wildman–Crippen MR) is 117 cm³/mol. The Bertz CT molecular complexity index is 757. The number of fused-ring (bicyclic) bond motifs is 2. The lowest BCUT2D eigenvalue weighted by atomic mass is 9.91. The Labute approximate surface area is 185 Å². The van der Waals surface area contributed by atoms with Gasteiger partial charge in [0.05, 0.1) is 0 Å². The number of rotatable bonds is 4. The molecule has 0 saturated carbocycles. The summed E-state index contributed by atoms with van der Waals surface area (Å²) >= 11 is 0. The predicted octanol–water partition coefficient (Wildman–Crippen LogP) is 4.02. The second kappa shape index (κ2) is 9.05. The van der Waals surface area contributed by atoms with E-state index < -0.39 is 5.60 Å². The third-order valence-electron chi connectivity index (χ3n) is 6.63. The second-order valence-corrected chi connectivity index (χ2v) is 10.2. The number of aromatic nitrogens is 1. The van der Waals surface area contributed by atoms with Gasteiger partial charge < -0.3 is 19.3 Å². The lowest BCUT2D eigenvalue weighted by Crippen LogP contribution is -2.50. The van der Waals surface area contributed by atoms with Gasteiger partial charge in [-0.2, -0.15) is 0 Å². The van der Waals surface area contributed by atoms with Gasteiger partial charge in [-0.05, 0) is 58.4 Å². The molecule has 2 unspecified atom stereocenters. The molecule has 0 aliphatic carbocycles. The molecule has 7 nitrogen and oxygen atoms in total. The first-order chi connectivity index (χ1) is 14.8. The van der Waals surface area contributed by atoms with Crippen molar-refractivity contribution in [1.82, 2.24) is 14.8 Å². The Morgan fingerprint density at radius 2 is 1.74 bits per heavy atom. The van der Waals surface area contributed by atoms with Crippen LogP contribution in [0.25, 0.3) is 0 Å². The van der Waals surface area contributed by atoms with Crippen LogP contribution in [0.2, 0.25) is 0 Å². The highest BCUT2D eigenvalue weighted by atomic mass is 16.6. The maximum atomic E-state index is 13.2. The minimum atomic E-state index is -0.477. The topological polar surface area (TPSA) is 72.0 Å². The molecule has 31 heavy (non-hydrogen) atoms. The molecule has 4 heterocycles. The van der Waals surface area contributed by atoms with E-state index in [4.69, 9.17) is 9.47 Å². The molecule has 2 bridgehead atoms. The van der Waals surface area contributed by atoms with Crippen molar-refractivity contribution in [3.63, 3.8) is 0 Å². The molecule has 3 fully saturated rings. The number of carbonyl (C=O) groups is 2. The number of carbonyl (C=O) groups excluding carboxylic acids is 2. The van der Waals surface area contributed by atoms with Gasteiger partial charge in [0.25, 0.3) is 0 Å². The molecular formula is C24H35N3O4. The van der Waals surface area contributed by atoms with E-state index in [0.717, 1.165) is 38.5 Å². The summed E-state index contributed by atoms with van der Waals surface area (Å²) in [7, 11) is 0. The minimum Gasteiger partial charge on any atom is -0.474 e. The average molecular weight is 430 g/mol. The molecule has 2 amide bonds. The normalized spacial score (nSPS) is 26.6. The van der Waals surface area contributed by atoms with Gasteiger partial charge in [0.15, 0.2) is 0 Å². The molecule has 3 aliphatic rings. The number of hydrogen-bond acceptors (Lipinski definition) is 5. The molecule has 1 aromatic rings. The first kappa shape index (κ1) is 21.9. The minimum absolute atomic E-state index is 0.133. The van der Waals surface area contributed by atoms with E-state index in [1.165, 1.54) is 0 Å². The summed E-state index contributed by atoms with van der Waals surface area (Å²) in [6.07, 6.45) is 7.84. The number of nitrogens with zero attached hydrogens (tertiary/aromatic N) is 3. The van der Waals surface area contributed by atoms with E-state index in [1.807, 2.05) is 39.0 Å². The number of pyridine rings is 1. The average Bonchev–Trinajstić information content (AvgIpc) is 2.99. The van der Waals surface area contributed by atoms with E-state index in [0.29, 0.717) is 31.3 Å². The Balaban J connectivity index is 1.25. The van der Waals surface area contributed by atoms with E-state index in [-0.39, 0.29) is 30.2 Å². The van der Waals surface area contributed by atoms with Crippen molar-refractivity contribution < 1.29 is 19.1 Å². The van der Waals surface area contributed by atoms with E-state index in [1.54, 1.807) is 11.1 Å². The van der Waals surface area contributed by atoms with Crippen LogP contribution in [-0.2, 0) is 9.53 Å². The summed E-state index contributed by atoms with van der Waals surface area (Å²) in [5, 5.41) is 0. The van der Waals surface area contributed by atoms with Crippen LogP contribution in [0.4, 0.5) is 4.79 Å². The molecule has 0 aromatic carbocycles. The van der Waals surface area contributed by atoms with Gasteiger partial charge in [0.1, 0.15) is 11.7 Å². The van der Waals surface area contributed by atoms with E-state index >= 15 is 0 Å². The van der Waals surface area contributed by atoms with Crippen LogP contribution < -0.4 is 4.74 Å². The standard InChI is InChI=1S/C24H35N3O4/c1-24(2,3)31-23(29)26-12-9-17(10-13-26)14-22(28)27-18-7-8-19(27)16-20(15-18)30-21-6-4-5-11-25-21/h4-6,11,17-20H,7-10,12-16H2,1-3H3. The van der Waals surface area contributed by atoms with Gasteiger partial charge >= 0.3 is 6.09 Å². The molecule has 1 aromatic heterocycles. The molecule has 0 radical (unpaired) electrons. The summed E-state index contributed by atoms with van der Waals surface area (Å²) < 4.78 is 11.6. The van der Waals surface area contributed by atoms with Crippen LogP contribution in [-0.4, -0.2) is 63.7 Å². The zero-order valence-electron chi connectivity index (χ0n) is 19.0. The van der Waals surface area contributed by atoms with Crippen molar-refractivity contribution >= 4 is 12.0 Å². The van der Waals surface area contributed by atoms with Gasteiger partial charge in [-0.3, -0.25) is 4.79 Å². The Hall–Kier alpha value is -2.31. The van der Waals surface area contributed by atoms with Gasteiger partial charge in [-0.1, -0.05) is 6.07 Å².